The highest BCUT2D eigenvalue weighted by Gasteiger charge is 2.19. The molecule has 1 aliphatic rings. The molecule has 2 aromatic rings. The van der Waals surface area contributed by atoms with E-state index in [0.717, 1.165) is 42.0 Å². The van der Waals surface area contributed by atoms with Crippen molar-refractivity contribution in [2.24, 2.45) is 0 Å². The lowest BCUT2D eigenvalue weighted by molar-refractivity contribution is -0.117. The fraction of sp³-hybridized carbons (Fsp3) is 0.333. The van der Waals surface area contributed by atoms with Gasteiger partial charge in [-0.3, -0.25) is 4.79 Å². The highest BCUT2D eigenvalue weighted by atomic mass is 16.5. The predicted molar refractivity (Wildman–Crippen MR) is 99.1 cm³/mol. The third-order valence-electron chi connectivity index (χ3n) is 4.74. The standard InChI is InChI=1S/C21H22N2O2/c1-25-20-12-11-15-7-5-6-10-18(15)19(20)13-16(14-22)21(24)23-17-8-3-2-4-9-17/h5-7,10-13,17H,2-4,8-9H2,1H3,(H,23,24)/b16-13-. The van der Waals surface area contributed by atoms with Gasteiger partial charge in [-0.25, -0.2) is 0 Å². The minimum absolute atomic E-state index is 0.111. The van der Waals surface area contributed by atoms with Gasteiger partial charge in [0.15, 0.2) is 0 Å². The molecule has 0 bridgehead atoms. The van der Waals surface area contributed by atoms with Gasteiger partial charge in [-0.1, -0.05) is 49.6 Å². The van der Waals surface area contributed by atoms with Gasteiger partial charge in [-0.05, 0) is 35.8 Å². The van der Waals surface area contributed by atoms with Gasteiger partial charge >= 0.3 is 0 Å². The Balaban J connectivity index is 1.95. The summed E-state index contributed by atoms with van der Waals surface area (Å²) in [7, 11) is 1.59. The van der Waals surface area contributed by atoms with Gasteiger partial charge in [0, 0.05) is 11.6 Å². The maximum Gasteiger partial charge on any atom is 0.262 e. The number of benzene rings is 2. The summed E-state index contributed by atoms with van der Waals surface area (Å²) < 4.78 is 5.44. The van der Waals surface area contributed by atoms with Crippen molar-refractivity contribution in [2.45, 2.75) is 38.1 Å². The van der Waals surface area contributed by atoms with Crippen LogP contribution in [0, 0.1) is 11.3 Å². The summed E-state index contributed by atoms with van der Waals surface area (Å²) in [6.45, 7) is 0. The summed E-state index contributed by atoms with van der Waals surface area (Å²) >= 11 is 0. The molecule has 2 aromatic carbocycles. The number of nitriles is 1. The summed E-state index contributed by atoms with van der Waals surface area (Å²) in [5.74, 6) is 0.348. The second-order valence-corrected chi connectivity index (χ2v) is 6.38. The average Bonchev–Trinajstić information content (AvgIpc) is 2.66. The monoisotopic (exact) mass is 334 g/mol. The van der Waals surface area contributed by atoms with E-state index in [9.17, 15) is 10.1 Å². The molecule has 0 aromatic heterocycles. The smallest absolute Gasteiger partial charge is 0.262 e. The third kappa shape index (κ3) is 3.83. The van der Waals surface area contributed by atoms with Crippen molar-refractivity contribution in [1.82, 2.24) is 5.32 Å². The van der Waals surface area contributed by atoms with Crippen molar-refractivity contribution in [3.63, 3.8) is 0 Å². The topological polar surface area (TPSA) is 62.1 Å². The van der Waals surface area contributed by atoms with Crippen LogP contribution in [0.25, 0.3) is 16.8 Å². The molecule has 1 fully saturated rings. The van der Waals surface area contributed by atoms with Gasteiger partial charge in [0.25, 0.3) is 5.91 Å². The van der Waals surface area contributed by atoms with E-state index in [2.05, 4.69) is 5.32 Å². The molecule has 0 radical (unpaired) electrons. The molecule has 0 aliphatic heterocycles. The molecule has 0 unspecified atom stereocenters. The zero-order valence-electron chi connectivity index (χ0n) is 14.4. The van der Waals surface area contributed by atoms with E-state index in [1.54, 1.807) is 13.2 Å². The summed E-state index contributed by atoms with van der Waals surface area (Å²) in [5, 5.41) is 14.5. The molecular formula is C21H22N2O2. The van der Waals surface area contributed by atoms with E-state index >= 15 is 0 Å². The van der Waals surface area contributed by atoms with Gasteiger partial charge < -0.3 is 10.1 Å². The van der Waals surface area contributed by atoms with Crippen LogP contribution in [0.5, 0.6) is 5.75 Å². The van der Waals surface area contributed by atoms with Gasteiger partial charge in [-0.2, -0.15) is 5.26 Å². The number of hydrogen-bond donors (Lipinski definition) is 1. The number of carbonyl (C=O) groups is 1. The number of hydrogen-bond acceptors (Lipinski definition) is 3. The quantitative estimate of drug-likeness (QED) is 0.673. The number of amides is 1. The summed E-state index contributed by atoms with van der Waals surface area (Å²) in [5.41, 5.74) is 0.871. The SMILES string of the molecule is COc1ccc2ccccc2c1/C=C(/C#N)C(=O)NC1CCCCC1. The first-order chi connectivity index (χ1) is 12.2. The van der Waals surface area contributed by atoms with Crippen LogP contribution < -0.4 is 10.1 Å². The first-order valence-electron chi connectivity index (χ1n) is 8.71. The molecule has 4 heteroatoms. The van der Waals surface area contributed by atoms with E-state index in [1.807, 2.05) is 42.5 Å². The number of rotatable bonds is 4. The Bertz CT molecular complexity index is 843. The van der Waals surface area contributed by atoms with E-state index in [-0.39, 0.29) is 17.5 Å². The minimum atomic E-state index is -0.301. The number of fused-ring (bicyclic) bond motifs is 1. The minimum Gasteiger partial charge on any atom is -0.496 e. The molecule has 0 spiro atoms. The van der Waals surface area contributed by atoms with Crippen molar-refractivity contribution in [2.75, 3.05) is 7.11 Å². The van der Waals surface area contributed by atoms with Gasteiger partial charge in [-0.15, -0.1) is 0 Å². The zero-order valence-corrected chi connectivity index (χ0v) is 14.4. The highest BCUT2D eigenvalue weighted by molar-refractivity contribution is 6.05. The van der Waals surface area contributed by atoms with E-state index in [1.165, 1.54) is 6.42 Å². The largest absolute Gasteiger partial charge is 0.496 e. The lowest BCUT2D eigenvalue weighted by Gasteiger charge is -2.22. The number of ether oxygens (including phenoxy) is 1. The fourth-order valence-corrected chi connectivity index (χ4v) is 3.41. The Morgan fingerprint density at radius 3 is 2.68 bits per heavy atom. The molecule has 0 heterocycles. The summed E-state index contributed by atoms with van der Waals surface area (Å²) in [6.07, 6.45) is 7.10. The molecule has 25 heavy (non-hydrogen) atoms. The molecule has 0 atom stereocenters. The van der Waals surface area contributed by atoms with Crippen LogP contribution in [-0.2, 0) is 4.79 Å². The Morgan fingerprint density at radius 2 is 1.96 bits per heavy atom. The number of nitrogens with one attached hydrogen (secondary N) is 1. The van der Waals surface area contributed by atoms with Crippen molar-refractivity contribution >= 4 is 22.8 Å². The summed E-state index contributed by atoms with van der Waals surface area (Å²) in [6, 6.07) is 13.9. The Labute approximate surface area is 148 Å². The van der Waals surface area contributed by atoms with Crippen molar-refractivity contribution in [3.05, 3.63) is 47.5 Å². The predicted octanol–water partition coefficient (Wildman–Crippen LogP) is 4.20. The Kier molecular flexibility index (Phi) is 5.35. The molecule has 0 saturated heterocycles. The van der Waals surface area contributed by atoms with Crippen LogP contribution in [0.2, 0.25) is 0 Å². The Morgan fingerprint density at radius 1 is 1.20 bits per heavy atom. The van der Waals surface area contributed by atoms with Crippen LogP contribution >= 0.6 is 0 Å². The van der Waals surface area contributed by atoms with E-state index in [0.29, 0.717) is 5.75 Å². The second kappa shape index (κ2) is 7.85. The number of methoxy groups -OCH3 is 1. The lowest BCUT2D eigenvalue weighted by atomic mass is 9.95. The van der Waals surface area contributed by atoms with Crippen molar-refractivity contribution in [1.29, 1.82) is 5.26 Å². The average molecular weight is 334 g/mol. The normalized spacial score (nSPS) is 15.6. The van der Waals surface area contributed by atoms with E-state index in [4.69, 9.17) is 4.74 Å². The first-order valence-corrected chi connectivity index (χ1v) is 8.71. The van der Waals surface area contributed by atoms with Crippen LogP contribution in [0.1, 0.15) is 37.7 Å². The molecule has 1 aliphatic carbocycles. The molecule has 1 amide bonds. The Hall–Kier alpha value is -2.80. The molecule has 1 N–H and O–H groups in total. The summed E-state index contributed by atoms with van der Waals surface area (Å²) in [4.78, 5) is 12.5. The highest BCUT2D eigenvalue weighted by Crippen LogP contribution is 2.30. The molecule has 1 saturated carbocycles. The van der Waals surface area contributed by atoms with Crippen LogP contribution in [0.15, 0.2) is 42.0 Å². The number of nitrogens with zero attached hydrogens (tertiary/aromatic N) is 1. The second-order valence-electron chi connectivity index (χ2n) is 6.38. The first kappa shape index (κ1) is 17.0. The van der Waals surface area contributed by atoms with Crippen molar-refractivity contribution < 1.29 is 9.53 Å². The van der Waals surface area contributed by atoms with Gasteiger partial charge in [0.1, 0.15) is 17.4 Å². The van der Waals surface area contributed by atoms with Crippen LogP contribution in [0.3, 0.4) is 0 Å². The van der Waals surface area contributed by atoms with E-state index < -0.39 is 0 Å². The van der Waals surface area contributed by atoms with Gasteiger partial charge in [0.05, 0.1) is 7.11 Å². The lowest BCUT2D eigenvalue weighted by Crippen LogP contribution is -2.36. The zero-order chi connectivity index (χ0) is 17.6. The molecule has 4 nitrogen and oxygen atoms in total. The van der Waals surface area contributed by atoms with Gasteiger partial charge in [0.2, 0.25) is 0 Å². The molecule has 128 valence electrons. The third-order valence-corrected chi connectivity index (χ3v) is 4.74. The maximum absolute atomic E-state index is 12.5. The maximum atomic E-state index is 12.5. The fourth-order valence-electron chi connectivity index (χ4n) is 3.41. The molecular weight excluding hydrogens is 312 g/mol. The van der Waals surface area contributed by atoms with Crippen LogP contribution in [-0.4, -0.2) is 19.1 Å². The number of carbonyl (C=O) groups excluding carboxylic acids is 1. The van der Waals surface area contributed by atoms with Crippen LogP contribution in [0.4, 0.5) is 0 Å². The van der Waals surface area contributed by atoms with Crippen molar-refractivity contribution in [3.8, 4) is 11.8 Å². The molecule has 3 rings (SSSR count).